The van der Waals surface area contributed by atoms with E-state index in [4.69, 9.17) is 4.42 Å². The normalized spacial score (nSPS) is 15.3. The Bertz CT molecular complexity index is 279. The van der Waals surface area contributed by atoms with E-state index in [-0.39, 0.29) is 5.41 Å². The topological polar surface area (TPSA) is 25.2 Å². The first-order chi connectivity index (χ1) is 7.58. The summed E-state index contributed by atoms with van der Waals surface area (Å²) >= 11 is 0. The molecule has 1 rings (SSSR count). The summed E-state index contributed by atoms with van der Waals surface area (Å²) in [5, 5.41) is 3.53. The minimum absolute atomic E-state index is 0.271. The summed E-state index contributed by atoms with van der Waals surface area (Å²) in [6, 6.07) is 4.04. The predicted octanol–water partition coefficient (Wildman–Crippen LogP) is 3.48. The quantitative estimate of drug-likeness (QED) is 0.716. The van der Waals surface area contributed by atoms with E-state index in [1.807, 2.05) is 6.07 Å². The molecule has 0 spiro atoms. The molecule has 1 aromatic heterocycles. The maximum Gasteiger partial charge on any atom is 0.104 e. The van der Waals surface area contributed by atoms with Crippen molar-refractivity contribution in [2.75, 3.05) is 13.1 Å². The number of rotatable bonds is 7. The van der Waals surface area contributed by atoms with E-state index in [9.17, 15) is 0 Å². The Morgan fingerprint density at radius 1 is 1.44 bits per heavy atom. The largest absolute Gasteiger partial charge is 0.469 e. The average molecular weight is 223 g/mol. The second-order valence-corrected chi connectivity index (χ2v) is 5.24. The van der Waals surface area contributed by atoms with Crippen LogP contribution in [0.2, 0.25) is 0 Å². The minimum Gasteiger partial charge on any atom is -0.469 e. The highest BCUT2D eigenvalue weighted by atomic mass is 16.3. The number of nitrogens with one attached hydrogen (secondary N) is 1. The van der Waals surface area contributed by atoms with E-state index < -0.39 is 0 Å². The Morgan fingerprint density at radius 3 is 2.69 bits per heavy atom. The molecule has 0 aromatic carbocycles. The van der Waals surface area contributed by atoms with E-state index >= 15 is 0 Å². The molecule has 0 saturated heterocycles. The summed E-state index contributed by atoms with van der Waals surface area (Å²) in [4.78, 5) is 0. The zero-order valence-electron chi connectivity index (χ0n) is 11.0. The van der Waals surface area contributed by atoms with Crippen LogP contribution in [0.1, 0.15) is 39.9 Å². The molecular weight excluding hydrogens is 198 g/mol. The fraction of sp³-hybridized carbons (Fsp3) is 0.714. The maximum absolute atomic E-state index is 5.46. The number of hydrogen-bond donors (Lipinski definition) is 1. The van der Waals surface area contributed by atoms with Crippen LogP contribution in [0.4, 0.5) is 0 Å². The van der Waals surface area contributed by atoms with E-state index in [2.05, 4.69) is 39.1 Å². The van der Waals surface area contributed by atoms with Crippen LogP contribution in [-0.4, -0.2) is 13.1 Å². The first-order valence-electron chi connectivity index (χ1n) is 6.31. The molecule has 1 N–H and O–H groups in total. The summed E-state index contributed by atoms with van der Waals surface area (Å²) in [7, 11) is 0. The van der Waals surface area contributed by atoms with Crippen LogP contribution >= 0.6 is 0 Å². The van der Waals surface area contributed by atoms with Crippen LogP contribution < -0.4 is 5.32 Å². The first-order valence-corrected chi connectivity index (χ1v) is 6.31. The van der Waals surface area contributed by atoms with E-state index in [1.165, 1.54) is 6.42 Å². The van der Waals surface area contributed by atoms with Gasteiger partial charge in [-0.15, -0.1) is 0 Å². The molecule has 1 heterocycles. The summed E-state index contributed by atoms with van der Waals surface area (Å²) in [6.07, 6.45) is 3.96. The van der Waals surface area contributed by atoms with Crippen molar-refractivity contribution in [2.24, 2.45) is 11.3 Å². The van der Waals surface area contributed by atoms with Gasteiger partial charge in [0.25, 0.3) is 0 Å². The van der Waals surface area contributed by atoms with E-state index in [0.717, 1.165) is 25.3 Å². The molecule has 0 bridgehead atoms. The zero-order valence-corrected chi connectivity index (χ0v) is 11.0. The lowest BCUT2D eigenvalue weighted by Gasteiger charge is -2.33. The number of hydrogen-bond acceptors (Lipinski definition) is 2. The van der Waals surface area contributed by atoms with Gasteiger partial charge in [0.15, 0.2) is 0 Å². The molecule has 2 nitrogen and oxygen atoms in total. The van der Waals surface area contributed by atoms with Gasteiger partial charge in [-0.2, -0.15) is 0 Å². The molecule has 92 valence electrons. The third-order valence-electron chi connectivity index (χ3n) is 3.51. The zero-order chi connectivity index (χ0) is 12.0. The van der Waals surface area contributed by atoms with Crippen molar-refractivity contribution in [1.82, 2.24) is 5.32 Å². The molecule has 16 heavy (non-hydrogen) atoms. The molecule has 0 aliphatic rings. The molecule has 0 radical (unpaired) electrons. The SMILES string of the molecule is CCCNCC(C)(Cc1ccco1)C(C)C. The molecule has 0 saturated carbocycles. The second kappa shape index (κ2) is 6.09. The maximum atomic E-state index is 5.46. The van der Waals surface area contributed by atoms with Gasteiger partial charge in [-0.05, 0) is 36.4 Å². The van der Waals surface area contributed by atoms with Crippen LogP contribution in [0.15, 0.2) is 22.8 Å². The van der Waals surface area contributed by atoms with Gasteiger partial charge in [-0.25, -0.2) is 0 Å². The summed E-state index contributed by atoms with van der Waals surface area (Å²) < 4.78 is 5.46. The standard InChI is InChI=1S/C14H25NO/c1-5-8-15-11-14(4,12(2)3)10-13-7-6-9-16-13/h6-7,9,12,15H,5,8,10-11H2,1-4H3. The van der Waals surface area contributed by atoms with Crippen LogP contribution in [-0.2, 0) is 6.42 Å². The van der Waals surface area contributed by atoms with Gasteiger partial charge >= 0.3 is 0 Å². The molecule has 2 heteroatoms. The Balaban J connectivity index is 2.57. The molecule has 0 aliphatic heterocycles. The second-order valence-electron chi connectivity index (χ2n) is 5.24. The summed E-state index contributed by atoms with van der Waals surface area (Å²) in [5.41, 5.74) is 0.271. The highest BCUT2D eigenvalue weighted by Crippen LogP contribution is 2.30. The van der Waals surface area contributed by atoms with Crippen molar-refractivity contribution in [3.05, 3.63) is 24.2 Å². The highest BCUT2D eigenvalue weighted by Gasteiger charge is 2.29. The Morgan fingerprint density at radius 2 is 2.19 bits per heavy atom. The van der Waals surface area contributed by atoms with Gasteiger partial charge in [0.2, 0.25) is 0 Å². The van der Waals surface area contributed by atoms with E-state index in [1.54, 1.807) is 6.26 Å². The molecular formula is C14H25NO. The van der Waals surface area contributed by atoms with Gasteiger partial charge in [0, 0.05) is 13.0 Å². The van der Waals surface area contributed by atoms with Crippen molar-refractivity contribution in [2.45, 2.75) is 40.5 Å². The molecule has 0 aliphatic carbocycles. The average Bonchev–Trinajstić information content (AvgIpc) is 2.70. The Kier molecular flexibility index (Phi) is 5.07. The molecule has 0 amide bonds. The Hall–Kier alpha value is -0.760. The van der Waals surface area contributed by atoms with Crippen molar-refractivity contribution in [3.63, 3.8) is 0 Å². The summed E-state index contributed by atoms with van der Waals surface area (Å²) in [6.45, 7) is 11.3. The fourth-order valence-corrected chi connectivity index (χ4v) is 1.83. The number of furan rings is 1. The third-order valence-corrected chi connectivity index (χ3v) is 3.51. The van der Waals surface area contributed by atoms with Crippen molar-refractivity contribution in [1.29, 1.82) is 0 Å². The summed E-state index contributed by atoms with van der Waals surface area (Å²) in [5.74, 6) is 1.73. The lowest BCUT2D eigenvalue weighted by atomic mass is 9.75. The highest BCUT2D eigenvalue weighted by molar-refractivity contribution is 5.02. The molecule has 0 fully saturated rings. The van der Waals surface area contributed by atoms with Crippen LogP contribution in [0, 0.1) is 11.3 Å². The van der Waals surface area contributed by atoms with Gasteiger partial charge in [-0.3, -0.25) is 0 Å². The van der Waals surface area contributed by atoms with Gasteiger partial charge in [-0.1, -0.05) is 27.7 Å². The van der Waals surface area contributed by atoms with Crippen LogP contribution in [0.5, 0.6) is 0 Å². The minimum atomic E-state index is 0.271. The smallest absolute Gasteiger partial charge is 0.104 e. The Labute approximate surface area is 99.4 Å². The van der Waals surface area contributed by atoms with Crippen LogP contribution in [0.3, 0.4) is 0 Å². The third kappa shape index (κ3) is 3.67. The van der Waals surface area contributed by atoms with Gasteiger partial charge in [0.1, 0.15) is 5.76 Å². The van der Waals surface area contributed by atoms with Crippen molar-refractivity contribution in [3.8, 4) is 0 Å². The molecule has 1 aromatic rings. The monoisotopic (exact) mass is 223 g/mol. The van der Waals surface area contributed by atoms with E-state index in [0.29, 0.717) is 5.92 Å². The lowest BCUT2D eigenvalue weighted by molar-refractivity contribution is 0.195. The van der Waals surface area contributed by atoms with Crippen LogP contribution in [0.25, 0.3) is 0 Å². The van der Waals surface area contributed by atoms with Gasteiger partial charge in [0.05, 0.1) is 6.26 Å². The predicted molar refractivity (Wildman–Crippen MR) is 68.5 cm³/mol. The first kappa shape index (κ1) is 13.3. The van der Waals surface area contributed by atoms with Gasteiger partial charge < -0.3 is 9.73 Å². The van der Waals surface area contributed by atoms with Crippen molar-refractivity contribution >= 4 is 0 Å². The molecule has 1 unspecified atom stereocenters. The fourth-order valence-electron chi connectivity index (χ4n) is 1.83. The lowest BCUT2D eigenvalue weighted by Crippen LogP contribution is -2.38. The van der Waals surface area contributed by atoms with Crippen molar-refractivity contribution < 1.29 is 4.42 Å². The molecule has 1 atom stereocenters.